The Balaban J connectivity index is 1.47. The van der Waals surface area contributed by atoms with Crippen LogP contribution in [0.4, 0.5) is 34.1 Å². The molecule has 0 radical (unpaired) electrons. The maximum absolute atomic E-state index is 2.59. The fraction of sp³-hybridized carbons (Fsp3) is 0.400. The van der Waals surface area contributed by atoms with Crippen molar-refractivity contribution in [3.63, 3.8) is 0 Å². The summed E-state index contributed by atoms with van der Waals surface area (Å²) < 4.78 is 0. The van der Waals surface area contributed by atoms with Crippen LogP contribution in [0.25, 0.3) is 0 Å². The van der Waals surface area contributed by atoms with E-state index in [4.69, 9.17) is 0 Å². The summed E-state index contributed by atoms with van der Waals surface area (Å²) in [5, 5.41) is 0. The van der Waals surface area contributed by atoms with Gasteiger partial charge < -0.3 is 9.80 Å². The summed E-state index contributed by atoms with van der Waals surface area (Å²) in [6.07, 6.45) is 13.4. The third kappa shape index (κ3) is 7.34. The van der Waals surface area contributed by atoms with Crippen molar-refractivity contribution in [3.05, 3.63) is 125 Å². The number of hydrogen-bond donors (Lipinski definition) is 0. The van der Waals surface area contributed by atoms with Gasteiger partial charge in [-0.2, -0.15) is 0 Å². The zero-order valence-corrected chi connectivity index (χ0v) is 33.6. The number of rotatable bonds is 15. The minimum Gasteiger partial charge on any atom is -0.311 e. The van der Waals surface area contributed by atoms with Crippen LogP contribution in [0.15, 0.2) is 97.1 Å². The van der Waals surface area contributed by atoms with Crippen molar-refractivity contribution in [1.82, 2.24) is 0 Å². The SMILES string of the molecule is CCCCCCc1ccc2c(c1)B1c3cc(C(C)CCCC)ccc3N(c3ccc(CC)cc3)c3cc(C)cc(c31)N2c1ccc(C(C)CCC)cc1. The van der Waals surface area contributed by atoms with Crippen molar-refractivity contribution >= 4 is 57.2 Å². The van der Waals surface area contributed by atoms with Gasteiger partial charge in [0, 0.05) is 34.1 Å². The van der Waals surface area contributed by atoms with Gasteiger partial charge in [0.25, 0.3) is 6.71 Å². The summed E-state index contributed by atoms with van der Waals surface area (Å²) in [6, 6.07) is 38.7. The van der Waals surface area contributed by atoms with Gasteiger partial charge in [0.1, 0.15) is 0 Å². The van der Waals surface area contributed by atoms with E-state index in [1.165, 1.54) is 136 Å². The molecular weight excluding hydrogens is 639 g/mol. The van der Waals surface area contributed by atoms with E-state index < -0.39 is 0 Å². The molecule has 274 valence electrons. The molecule has 2 nitrogen and oxygen atoms in total. The summed E-state index contributed by atoms with van der Waals surface area (Å²) in [5.41, 5.74) is 19.1. The molecule has 0 amide bonds. The van der Waals surface area contributed by atoms with E-state index in [0.717, 1.165) is 12.8 Å². The Bertz CT molecular complexity index is 2010. The Labute approximate surface area is 321 Å². The molecule has 2 aliphatic rings. The molecule has 53 heavy (non-hydrogen) atoms. The van der Waals surface area contributed by atoms with E-state index >= 15 is 0 Å². The van der Waals surface area contributed by atoms with Gasteiger partial charge in [-0.05, 0) is 144 Å². The van der Waals surface area contributed by atoms with Gasteiger partial charge >= 0.3 is 0 Å². The fourth-order valence-corrected chi connectivity index (χ4v) is 9.09. The molecule has 0 aromatic heterocycles. The van der Waals surface area contributed by atoms with Crippen LogP contribution in [0, 0.1) is 6.92 Å². The highest BCUT2D eigenvalue weighted by Gasteiger charge is 2.43. The Morgan fingerprint density at radius 3 is 1.70 bits per heavy atom. The monoisotopic (exact) mass is 700 g/mol. The Kier molecular flexibility index (Phi) is 11.5. The molecule has 7 rings (SSSR count). The third-order valence-corrected chi connectivity index (χ3v) is 12.2. The first-order valence-electron chi connectivity index (χ1n) is 21.1. The summed E-state index contributed by atoms with van der Waals surface area (Å²) in [6.45, 7) is 16.4. The third-order valence-electron chi connectivity index (χ3n) is 12.2. The second kappa shape index (κ2) is 16.4. The van der Waals surface area contributed by atoms with Crippen molar-refractivity contribution in [3.8, 4) is 0 Å². The van der Waals surface area contributed by atoms with E-state index in [0.29, 0.717) is 11.8 Å². The molecule has 2 aliphatic heterocycles. The Morgan fingerprint density at radius 1 is 0.509 bits per heavy atom. The molecule has 2 unspecified atom stereocenters. The zero-order valence-electron chi connectivity index (χ0n) is 33.6. The minimum atomic E-state index is 0.158. The number of unbranched alkanes of at least 4 members (excludes halogenated alkanes) is 4. The van der Waals surface area contributed by atoms with E-state index in [1.54, 1.807) is 0 Å². The molecule has 3 heteroatoms. The lowest BCUT2D eigenvalue weighted by Gasteiger charge is -2.44. The molecular formula is C50H61BN2. The molecule has 0 fully saturated rings. The van der Waals surface area contributed by atoms with Crippen LogP contribution in [0.5, 0.6) is 0 Å². The lowest BCUT2D eigenvalue weighted by molar-refractivity contribution is 0.624. The average Bonchev–Trinajstić information content (AvgIpc) is 3.18. The molecule has 5 aromatic carbocycles. The van der Waals surface area contributed by atoms with Crippen LogP contribution in [-0.2, 0) is 12.8 Å². The highest BCUT2D eigenvalue weighted by atomic mass is 15.2. The molecule has 0 spiro atoms. The molecule has 2 atom stereocenters. The Morgan fingerprint density at radius 2 is 1.08 bits per heavy atom. The largest absolute Gasteiger partial charge is 0.311 e. The molecule has 0 bridgehead atoms. The maximum Gasteiger partial charge on any atom is 0.252 e. The standard InChI is InChI=1S/C50H61BN2/c1-8-12-14-15-18-39-21-29-46-44(33-39)51-45-34-41(37(7)17-13-9-2)24-30-47(45)52(42-25-19-38(11-4)20-26-42)48-31-35(5)32-49(50(48)51)53(46)43-27-22-40(23-28-43)36(6)16-10-3/h19-34,36-37H,8-18H2,1-7H3. The molecule has 2 heterocycles. The van der Waals surface area contributed by atoms with Gasteiger partial charge in [-0.25, -0.2) is 0 Å². The lowest BCUT2D eigenvalue weighted by atomic mass is 9.33. The second-order valence-corrected chi connectivity index (χ2v) is 16.2. The van der Waals surface area contributed by atoms with Gasteiger partial charge in [-0.3, -0.25) is 0 Å². The maximum atomic E-state index is 2.59. The van der Waals surface area contributed by atoms with Crippen LogP contribution >= 0.6 is 0 Å². The van der Waals surface area contributed by atoms with Crippen LogP contribution < -0.4 is 26.2 Å². The quantitative estimate of drug-likeness (QED) is 0.0776. The number of nitrogens with zero attached hydrogens (tertiary/aromatic N) is 2. The number of hydrogen-bond acceptors (Lipinski definition) is 2. The highest BCUT2D eigenvalue weighted by molar-refractivity contribution is 7.00. The molecule has 5 aromatic rings. The highest BCUT2D eigenvalue weighted by Crippen LogP contribution is 2.45. The molecule has 0 N–H and O–H groups in total. The second-order valence-electron chi connectivity index (χ2n) is 16.2. The van der Waals surface area contributed by atoms with Crippen molar-refractivity contribution in [1.29, 1.82) is 0 Å². The summed E-state index contributed by atoms with van der Waals surface area (Å²) in [4.78, 5) is 5.16. The lowest BCUT2D eigenvalue weighted by Crippen LogP contribution is -2.61. The van der Waals surface area contributed by atoms with E-state index in [9.17, 15) is 0 Å². The van der Waals surface area contributed by atoms with Gasteiger partial charge in [-0.15, -0.1) is 0 Å². The smallest absolute Gasteiger partial charge is 0.252 e. The van der Waals surface area contributed by atoms with Crippen LogP contribution in [-0.4, -0.2) is 6.71 Å². The first-order valence-corrected chi connectivity index (χ1v) is 21.1. The average molecular weight is 701 g/mol. The van der Waals surface area contributed by atoms with Crippen molar-refractivity contribution in [2.45, 2.75) is 131 Å². The summed E-state index contributed by atoms with van der Waals surface area (Å²) in [7, 11) is 0. The number of aryl methyl sites for hydroxylation is 3. The van der Waals surface area contributed by atoms with Gasteiger partial charge in [-0.1, -0.05) is 129 Å². The zero-order chi connectivity index (χ0) is 37.1. The number of benzene rings is 5. The van der Waals surface area contributed by atoms with Crippen molar-refractivity contribution in [2.24, 2.45) is 0 Å². The normalized spacial score (nSPS) is 14.1. The first kappa shape index (κ1) is 37.1. The minimum absolute atomic E-state index is 0.158. The van der Waals surface area contributed by atoms with Crippen LogP contribution in [0.1, 0.15) is 139 Å². The van der Waals surface area contributed by atoms with E-state index in [1.807, 2.05) is 0 Å². The van der Waals surface area contributed by atoms with Gasteiger partial charge in [0.05, 0.1) is 0 Å². The van der Waals surface area contributed by atoms with Crippen LogP contribution in [0.2, 0.25) is 0 Å². The summed E-state index contributed by atoms with van der Waals surface area (Å²) in [5.74, 6) is 1.08. The first-order chi connectivity index (χ1) is 25.9. The van der Waals surface area contributed by atoms with E-state index in [2.05, 4.69) is 155 Å². The van der Waals surface area contributed by atoms with Crippen molar-refractivity contribution in [2.75, 3.05) is 9.80 Å². The fourth-order valence-electron chi connectivity index (χ4n) is 9.09. The molecule has 0 aliphatic carbocycles. The predicted octanol–water partition coefficient (Wildman–Crippen LogP) is 13.0. The number of fused-ring (bicyclic) bond motifs is 4. The molecule has 0 saturated carbocycles. The Hall–Kier alpha value is -4.24. The van der Waals surface area contributed by atoms with Crippen molar-refractivity contribution < 1.29 is 0 Å². The number of anilines is 6. The van der Waals surface area contributed by atoms with Crippen LogP contribution in [0.3, 0.4) is 0 Å². The summed E-state index contributed by atoms with van der Waals surface area (Å²) >= 11 is 0. The van der Waals surface area contributed by atoms with Gasteiger partial charge in [0.15, 0.2) is 0 Å². The predicted molar refractivity (Wildman–Crippen MR) is 234 cm³/mol. The van der Waals surface area contributed by atoms with E-state index in [-0.39, 0.29) is 6.71 Å². The molecule has 0 saturated heterocycles. The van der Waals surface area contributed by atoms with Gasteiger partial charge in [0.2, 0.25) is 0 Å². The topological polar surface area (TPSA) is 6.48 Å².